The van der Waals surface area contributed by atoms with E-state index in [0.29, 0.717) is 16.0 Å². The Kier molecular flexibility index (Phi) is 1.33. The van der Waals surface area contributed by atoms with Gasteiger partial charge < -0.3 is 9.94 Å². The van der Waals surface area contributed by atoms with Crippen molar-refractivity contribution in [3.05, 3.63) is 46.2 Å². The summed E-state index contributed by atoms with van der Waals surface area (Å²) in [5, 5.41) is 10.8. The van der Waals surface area contributed by atoms with Crippen molar-refractivity contribution in [2.45, 2.75) is 0 Å². The van der Waals surface area contributed by atoms with Crippen LogP contribution in [0, 0.1) is 5.21 Å². The number of benzene rings is 1. The van der Waals surface area contributed by atoms with Gasteiger partial charge in [0.1, 0.15) is 0 Å². The highest BCUT2D eigenvalue weighted by atomic mass is 16.5. The highest BCUT2D eigenvalue weighted by molar-refractivity contribution is 5.58. The van der Waals surface area contributed by atoms with Crippen LogP contribution in [0.15, 0.2) is 35.5 Å². The maximum Gasteiger partial charge on any atom is 0.189 e. The Morgan fingerprint density at radius 1 is 1.42 bits per heavy atom. The first kappa shape index (κ1) is 6.84. The zero-order valence-electron chi connectivity index (χ0n) is 6.10. The van der Waals surface area contributed by atoms with Crippen molar-refractivity contribution in [2.24, 2.45) is 0 Å². The first-order valence-corrected chi connectivity index (χ1v) is 3.42. The molecule has 0 unspecified atom stereocenters. The van der Waals surface area contributed by atoms with Crippen LogP contribution in [0.2, 0.25) is 0 Å². The minimum atomic E-state index is -0.176. The van der Waals surface area contributed by atoms with Gasteiger partial charge >= 0.3 is 0 Å². The number of nitrogens with zero attached hydrogens (tertiary/aromatic N) is 2. The average Bonchev–Trinajstić information content (AvgIpc) is 2.07. The molecule has 0 spiro atoms. The van der Waals surface area contributed by atoms with Crippen molar-refractivity contribution in [1.29, 1.82) is 0 Å². The van der Waals surface area contributed by atoms with Gasteiger partial charge in [-0.15, -0.1) is 0 Å². The zero-order valence-corrected chi connectivity index (χ0v) is 6.10. The summed E-state index contributed by atoms with van der Waals surface area (Å²) < 4.78 is 0.518. The van der Waals surface area contributed by atoms with E-state index in [-0.39, 0.29) is 5.43 Å². The molecule has 60 valence electrons. The largest absolute Gasteiger partial charge is 0.805 e. The molecule has 0 aromatic heterocycles. The van der Waals surface area contributed by atoms with Crippen LogP contribution in [0.1, 0.15) is 0 Å². The van der Waals surface area contributed by atoms with Crippen molar-refractivity contribution >= 4 is 0 Å². The van der Waals surface area contributed by atoms with Crippen molar-refractivity contribution in [1.82, 2.24) is 9.71 Å². The third-order valence-electron chi connectivity index (χ3n) is 1.61. The molecule has 0 bridgehead atoms. The van der Waals surface area contributed by atoms with Gasteiger partial charge in [0.05, 0.1) is 17.6 Å². The molecule has 1 aliphatic heterocycles. The van der Waals surface area contributed by atoms with E-state index in [0.717, 1.165) is 6.33 Å². The van der Waals surface area contributed by atoms with Crippen LogP contribution >= 0.6 is 0 Å². The lowest BCUT2D eigenvalue weighted by atomic mass is 10.1. The van der Waals surface area contributed by atoms with Crippen LogP contribution in [0.3, 0.4) is 0 Å². The summed E-state index contributed by atoms with van der Waals surface area (Å²) in [6.45, 7) is 0. The molecule has 0 aromatic rings. The zero-order chi connectivity index (χ0) is 8.55. The predicted octanol–water partition coefficient (Wildman–Crippen LogP) is 0.694. The van der Waals surface area contributed by atoms with E-state index < -0.39 is 0 Å². The second-order valence-electron chi connectivity index (χ2n) is 2.42. The third kappa shape index (κ3) is 0.934. The van der Waals surface area contributed by atoms with Gasteiger partial charge in [-0.2, -0.15) is 0 Å². The molecular weight excluding hydrogens is 156 g/mol. The standard InChI is InChI=1S/C8H5N2O2/c11-8-3-1-2-7-6(8)4-10(12)5-9-7/h1-5H/q-1. The summed E-state index contributed by atoms with van der Waals surface area (Å²) in [5.74, 6) is 0. The Bertz CT molecular complexity index is 436. The van der Waals surface area contributed by atoms with Gasteiger partial charge in [0, 0.05) is 6.20 Å². The molecule has 4 nitrogen and oxygen atoms in total. The number of hydrogen-bond acceptors (Lipinski definition) is 3. The van der Waals surface area contributed by atoms with Crippen molar-refractivity contribution < 1.29 is 0 Å². The van der Waals surface area contributed by atoms with Crippen LogP contribution in [-0.4, -0.2) is 9.71 Å². The van der Waals surface area contributed by atoms with E-state index in [1.165, 1.54) is 12.3 Å². The molecule has 12 heavy (non-hydrogen) atoms. The summed E-state index contributed by atoms with van der Waals surface area (Å²) >= 11 is 0. The molecule has 0 fully saturated rings. The van der Waals surface area contributed by atoms with Crippen LogP contribution in [0.4, 0.5) is 0 Å². The second kappa shape index (κ2) is 2.34. The molecule has 0 saturated heterocycles. The van der Waals surface area contributed by atoms with E-state index in [2.05, 4.69) is 4.98 Å². The lowest BCUT2D eigenvalue weighted by molar-refractivity contribution is 0.992. The van der Waals surface area contributed by atoms with Gasteiger partial charge in [-0.1, -0.05) is 6.07 Å². The number of rotatable bonds is 0. The Morgan fingerprint density at radius 2 is 2.25 bits per heavy atom. The van der Waals surface area contributed by atoms with Gasteiger partial charge in [-0.25, -0.2) is 4.98 Å². The molecule has 0 radical (unpaired) electrons. The summed E-state index contributed by atoms with van der Waals surface area (Å²) in [5.41, 5.74) is 0.731. The molecule has 1 aliphatic carbocycles. The van der Waals surface area contributed by atoms with E-state index in [9.17, 15) is 10.0 Å². The summed E-state index contributed by atoms with van der Waals surface area (Å²) in [4.78, 5) is 14.9. The molecule has 0 aromatic carbocycles. The van der Waals surface area contributed by atoms with Gasteiger partial charge in [0.25, 0.3) is 0 Å². The number of fused-ring (bicyclic) bond motifs is 1. The van der Waals surface area contributed by atoms with E-state index in [1.807, 2.05) is 0 Å². The van der Waals surface area contributed by atoms with Crippen molar-refractivity contribution in [2.75, 3.05) is 0 Å². The molecule has 0 amide bonds. The third-order valence-corrected chi connectivity index (χ3v) is 1.61. The monoisotopic (exact) mass is 161 g/mol. The Hall–Kier alpha value is -1.84. The Labute approximate surface area is 68.0 Å². The normalized spacial score (nSPS) is 10.3. The fourth-order valence-corrected chi connectivity index (χ4v) is 1.05. The number of aromatic nitrogens is 2. The lowest BCUT2D eigenvalue weighted by Crippen LogP contribution is -2.07. The van der Waals surface area contributed by atoms with Crippen LogP contribution in [-0.2, 0) is 0 Å². The summed E-state index contributed by atoms with van der Waals surface area (Å²) in [6.07, 6.45) is 2.35. The molecule has 0 atom stereocenters. The highest BCUT2D eigenvalue weighted by Gasteiger charge is 2.03. The molecule has 4 heteroatoms. The molecule has 0 saturated carbocycles. The van der Waals surface area contributed by atoms with Gasteiger partial charge in [-0.05, 0) is 12.1 Å². The molecular formula is C8H5N2O2-. The first-order valence-electron chi connectivity index (χ1n) is 3.42. The lowest BCUT2D eigenvalue weighted by Gasteiger charge is -2.11. The Balaban J connectivity index is 2.88. The topological polar surface area (TPSA) is 58.0 Å². The summed E-state index contributed by atoms with van der Waals surface area (Å²) in [6, 6.07) is 4.72. The van der Waals surface area contributed by atoms with Gasteiger partial charge in [0.15, 0.2) is 5.43 Å². The fourth-order valence-electron chi connectivity index (χ4n) is 1.05. The van der Waals surface area contributed by atoms with Gasteiger partial charge in [-0.3, -0.25) is 4.79 Å². The molecule has 0 N–H and O–H groups in total. The number of hydrogen-bond donors (Lipinski definition) is 0. The minimum absolute atomic E-state index is 0.176. The smallest absolute Gasteiger partial charge is 0.189 e. The predicted molar refractivity (Wildman–Crippen MR) is 43.9 cm³/mol. The summed E-state index contributed by atoms with van der Waals surface area (Å²) in [7, 11) is 0. The van der Waals surface area contributed by atoms with Crippen LogP contribution < -0.4 is 5.43 Å². The van der Waals surface area contributed by atoms with Crippen LogP contribution in [0.5, 0.6) is 0 Å². The highest BCUT2D eigenvalue weighted by Crippen LogP contribution is 2.11. The van der Waals surface area contributed by atoms with Crippen molar-refractivity contribution in [3.63, 3.8) is 0 Å². The first-order chi connectivity index (χ1) is 5.77. The van der Waals surface area contributed by atoms with Crippen molar-refractivity contribution in [3.8, 4) is 11.3 Å². The maximum absolute atomic E-state index is 11.1. The fraction of sp³-hybridized carbons (Fsp3) is 0. The molecule has 1 heterocycles. The van der Waals surface area contributed by atoms with Gasteiger partial charge in [0.2, 0.25) is 0 Å². The SMILES string of the molecule is O=c1cccc2ncn([O-])cc1-2. The molecule has 2 aliphatic rings. The second-order valence-corrected chi connectivity index (χ2v) is 2.42. The Morgan fingerprint density at radius 3 is 3.08 bits per heavy atom. The average molecular weight is 161 g/mol. The quantitative estimate of drug-likeness (QED) is 0.571. The maximum atomic E-state index is 11.1. The van der Waals surface area contributed by atoms with E-state index >= 15 is 0 Å². The van der Waals surface area contributed by atoms with Crippen LogP contribution in [0.25, 0.3) is 11.3 Å². The van der Waals surface area contributed by atoms with E-state index in [1.54, 1.807) is 12.1 Å². The minimum Gasteiger partial charge on any atom is -0.805 e. The van der Waals surface area contributed by atoms with E-state index in [4.69, 9.17) is 0 Å². The molecule has 2 rings (SSSR count).